The molecule has 0 spiro atoms. The number of hydrogen-bond acceptors (Lipinski definition) is 8. The Morgan fingerprint density at radius 1 is 0.560 bits per heavy atom. The molecule has 0 aliphatic carbocycles. The molecule has 4 aromatic rings. The third-order valence-electron chi connectivity index (χ3n) is 7.77. The normalized spacial score (nSPS) is 13.1. The molecule has 2 N–H and O–H groups in total. The van der Waals surface area contributed by atoms with Crippen LogP contribution in [0.5, 0.6) is 11.5 Å². The second-order valence-corrected chi connectivity index (χ2v) is 15.5. The Morgan fingerprint density at radius 2 is 1.04 bits per heavy atom. The lowest BCUT2D eigenvalue weighted by Crippen LogP contribution is -2.37. The molecule has 14 heteroatoms. The predicted molar refractivity (Wildman–Crippen MR) is 198 cm³/mol. The Kier molecular flexibility index (Phi) is 15.7. The average molecular weight is 857 g/mol. The lowest BCUT2D eigenvalue weighted by atomic mass is 9.94. The molecule has 2 atom stereocenters. The van der Waals surface area contributed by atoms with Gasteiger partial charge in [0.25, 0.3) is 20.2 Å². The van der Waals surface area contributed by atoms with E-state index in [-0.39, 0.29) is 22.3 Å². The summed E-state index contributed by atoms with van der Waals surface area (Å²) in [5, 5.41) is 1.47. The molecule has 0 bridgehead atoms. The van der Waals surface area contributed by atoms with Crippen LogP contribution >= 0.6 is 31.9 Å². The fourth-order valence-electron chi connectivity index (χ4n) is 5.03. The third kappa shape index (κ3) is 13.4. The summed E-state index contributed by atoms with van der Waals surface area (Å²) in [6, 6.07) is 27.6. The zero-order valence-corrected chi connectivity index (χ0v) is 32.0. The summed E-state index contributed by atoms with van der Waals surface area (Å²) in [7, 11) is -8.59. The van der Waals surface area contributed by atoms with Crippen molar-refractivity contribution in [2.75, 3.05) is 33.0 Å². The molecule has 2 unspecified atom stereocenters. The van der Waals surface area contributed by atoms with Crippen LogP contribution in [-0.2, 0) is 53.2 Å². The number of rotatable bonds is 21. The SMILES string of the molecule is O=S(=O)(O)c1ccc(CCCOCC(Cc2ccc(S(=O)(=O)O)cc2)C(COCCOc2ccc(CBr)cc2)Oc2ccc(CBr)cc2)cc1. The van der Waals surface area contributed by atoms with Gasteiger partial charge in [0.05, 0.1) is 29.6 Å². The molecule has 10 nitrogen and oxygen atoms in total. The smallest absolute Gasteiger partial charge is 0.294 e. The highest BCUT2D eigenvalue weighted by atomic mass is 79.9. The van der Waals surface area contributed by atoms with Crippen LogP contribution in [0.25, 0.3) is 0 Å². The molecule has 0 amide bonds. The minimum absolute atomic E-state index is 0.157. The van der Waals surface area contributed by atoms with E-state index in [1.165, 1.54) is 24.3 Å². The summed E-state index contributed by atoms with van der Waals surface area (Å²) in [6.45, 7) is 1.59. The quantitative estimate of drug-likeness (QED) is 0.0497. The van der Waals surface area contributed by atoms with Crippen molar-refractivity contribution < 1.29 is 44.9 Å². The molecular formula is C36H40Br2O10S2. The van der Waals surface area contributed by atoms with E-state index in [0.29, 0.717) is 56.8 Å². The molecule has 0 fully saturated rings. The highest BCUT2D eigenvalue weighted by molar-refractivity contribution is 9.08. The molecule has 50 heavy (non-hydrogen) atoms. The maximum atomic E-state index is 11.6. The van der Waals surface area contributed by atoms with Crippen LogP contribution < -0.4 is 9.47 Å². The van der Waals surface area contributed by atoms with E-state index < -0.39 is 26.3 Å². The maximum absolute atomic E-state index is 11.6. The second kappa shape index (κ2) is 19.7. The van der Waals surface area contributed by atoms with Crippen molar-refractivity contribution >= 4 is 52.1 Å². The van der Waals surface area contributed by atoms with Crippen LogP contribution in [0, 0.1) is 5.92 Å². The monoisotopic (exact) mass is 854 g/mol. The van der Waals surface area contributed by atoms with Crippen LogP contribution in [-0.4, -0.2) is 65.1 Å². The van der Waals surface area contributed by atoms with Crippen LogP contribution in [0.3, 0.4) is 0 Å². The summed E-state index contributed by atoms with van der Waals surface area (Å²) < 4.78 is 89.2. The van der Waals surface area contributed by atoms with Crippen molar-refractivity contribution in [1.82, 2.24) is 0 Å². The summed E-state index contributed by atoms with van der Waals surface area (Å²) in [5.74, 6) is 1.17. The zero-order chi connectivity index (χ0) is 36.0. The highest BCUT2D eigenvalue weighted by Crippen LogP contribution is 2.23. The first-order valence-corrected chi connectivity index (χ1v) is 20.9. The number of aryl methyl sites for hydroxylation is 1. The molecule has 0 heterocycles. The van der Waals surface area contributed by atoms with Gasteiger partial charge in [0, 0.05) is 23.2 Å². The van der Waals surface area contributed by atoms with E-state index in [9.17, 15) is 25.9 Å². The standard InChI is InChI=1S/C36H40Br2O10S2/c37-23-29-3-11-32(12-4-29)47-21-20-46-26-36(48-33-13-5-30(24-38)6-14-33)31(22-28-9-17-35(18-10-28)50(42,43)44)25-45-19-1-2-27-7-15-34(16-8-27)49(39,40)41/h3-18,31,36H,1-2,19-26H2,(H,39,40,41)(H,42,43,44). The van der Waals surface area contributed by atoms with Gasteiger partial charge in [0.15, 0.2) is 0 Å². The summed E-state index contributed by atoms with van der Waals surface area (Å²) in [5.41, 5.74) is 3.97. The van der Waals surface area contributed by atoms with Crippen molar-refractivity contribution in [3.05, 3.63) is 119 Å². The predicted octanol–water partition coefficient (Wildman–Crippen LogP) is 7.32. The molecule has 4 aromatic carbocycles. The molecular weight excluding hydrogens is 816 g/mol. The van der Waals surface area contributed by atoms with E-state index in [1.54, 1.807) is 24.3 Å². The summed E-state index contributed by atoms with van der Waals surface area (Å²) in [6.07, 6.45) is 1.30. The fourth-order valence-corrected chi connectivity index (χ4v) is 6.74. The van der Waals surface area contributed by atoms with Crippen LogP contribution in [0.4, 0.5) is 0 Å². The Labute approximate surface area is 310 Å². The zero-order valence-electron chi connectivity index (χ0n) is 27.2. The van der Waals surface area contributed by atoms with E-state index in [4.69, 9.17) is 18.9 Å². The van der Waals surface area contributed by atoms with Gasteiger partial charge in [-0.05, 0) is 90.0 Å². The number of alkyl halides is 2. The number of hydrogen-bond donors (Lipinski definition) is 2. The van der Waals surface area contributed by atoms with E-state index in [1.807, 2.05) is 48.5 Å². The molecule has 0 aliphatic heterocycles. The lowest BCUT2D eigenvalue weighted by Gasteiger charge is -2.28. The summed E-state index contributed by atoms with van der Waals surface area (Å²) in [4.78, 5) is -0.348. The topological polar surface area (TPSA) is 146 Å². The Hall–Kier alpha value is -2.82. The van der Waals surface area contributed by atoms with Crippen molar-refractivity contribution in [3.8, 4) is 11.5 Å². The van der Waals surface area contributed by atoms with Gasteiger partial charge in [-0.3, -0.25) is 9.11 Å². The van der Waals surface area contributed by atoms with E-state index >= 15 is 0 Å². The molecule has 4 rings (SSSR count). The second-order valence-electron chi connectivity index (χ2n) is 11.5. The van der Waals surface area contributed by atoms with Gasteiger partial charge >= 0.3 is 0 Å². The Balaban J connectivity index is 1.44. The number of halogens is 2. The van der Waals surface area contributed by atoms with E-state index in [0.717, 1.165) is 33.3 Å². The Bertz CT molecular complexity index is 1820. The van der Waals surface area contributed by atoms with Gasteiger partial charge in [-0.15, -0.1) is 0 Å². The minimum Gasteiger partial charge on any atom is -0.491 e. The summed E-state index contributed by atoms with van der Waals surface area (Å²) >= 11 is 6.91. The average Bonchev–Trinajstić information content (AvgIpc) is 3.10. The van der Waals surface area contributed by atoms with Crippen LogP contribution in [0.1, 0.15) is 28.7 Å². The highest BCUT2D eigenvalue weighted by Gasteiger charge is 2.25. The van der Waals surface area contributed by atoms with Crippen molar-refractivity contribution in [2.45, 2.75) is 45.8 Å². The number of benzene rings is 4. The van der Waals surface area contributed by atoms with Crippen molar-refractivity contribution in [3.63, 3.8) is 0 Å². The lowest BCUT2D eigenvalue weighted by molar-refractivity contribution is -0.0174. The van der Waals surface area contributed by atoms with Gasteiger partial charge in [-0.1, -0.05) is 80.4 Å². The largest absolute Gasteiger partial charge is 0.491 e. The van der Waals surface area contributed by atoms with Crippen LogP contribution in [0.2, 0.25) is 0 Å². The molecule has 0 radical (unpaired) electrons. The van der Waals surface area contributed by atoms with Gasteiger partial charge in [0.2, 0.25) is 0 Å². The fraction of sp³-hybridized carbons (Fsp3) is 0.333. The maximum Gasteiger partial charge on any atom is 0.294 e. The van der Waals surface area contributed by atoms with Gasteiger partial charge in [-0.2, -0.15) is 16.8 Å². The third-order valence-corrected chi connectivity index (χ3v) is 10.8. The number of ether oxygens (including phenoxy) is 4. The first-order chi connectivity index (χ1) is 23.9. The Morgan fingerprint density at radius 3 is 1.56 bits per heavy atom. The van der Waals surface area contributed by atoms with Crippen molar-refractivity contribution in [2.24, 2.45) is 5.92 Å². The molecule has 0 saturated heterocycles. The van der Waals surface area contributed by atoms with E-state index in [2.05, 4.69) is 31.9 Å². The van der Waals surface area contributed by atoms with Gasteiger partial charge in [0.1, 0.15) is 24.2 Å². The molecule has 0 aromatic heterocycles. The first kappa shape index (κ1) is 40.0. The van der Waals surface area contributed by atoms with Gasteiger partial charge < -0.3 is 18.9 Å². The van der Waals surface area contributed by atoms with Crippen LogP contribution in [0.15, 0.2) is 107 Å². The molecule has 270 valence electrons. The molecule has 0 aliphatic rings. The van der Waals surface area contributed by atoms with Crippen molar-refractivity contribution in [1.29, 1.82) is 0 Å². The first-order valence-electron chi connectivity index (χ1n) is 15.8. The van der Waals surface area contributed by atoms with Gasteiger partial charge in [-0.25, -0.2) is 0 Å². The molecule has 0 saturated carbocycles. The minimum atomic E-state index is -4.33.